The predicted molar refractivity (Wildman–Crippen MR) is 85.7 cm³/mol. The maximum absolute atomic E-state index is 13.5. The van der Waals surface area contributed by atoms with Crippen LogP contribution in [-0.4, -0.2) is 18.6 Å². The third-order valence-electron chi connectivity index (χ3n) is 2.89. The Morgan fingerprint density at radius 1 is 1.13 bits per heavy atom. The molecule has 0 atom stereocenters. The van der Waals surface area contributed by atoms with Crippen LogP contribution in [0.5, 0.6) is 5.75 Å². The average Bonchev–Trinajstić information content (AvgIpc) is 2.49. The number of hydrogen-bond acceptors (Lipinski definition) is 3. The van der Waals surface area contributed by atoms with Crippen molar-refractivity contribution in [1.29, 1.82) is 0 Å². The van der Waals surface area contributed by atoms with E-state index in [2.05, 4.69) is 10.6 Å². The van der Waals surface area contributed by atoms with Crippen LogP contribution in [0.2, 0.25) is 0 Å². The van der Waals surface area contributed by atoms with E-state index in [0.29, 0.717) is 11.4 Å². The summed E-state index contributed by atoms with van der Waals surface area (Å²) in [6.07, 6.45) is 0.0000811. The van der Waals surface area contributed by atoms with Crippen LogP contribution >= 0.6 is 0 Å². The van der Waals surface area contributed by atoms with Gasteiger partial charge in [-0.15, -0.1) is 0 Å². The Morgan fingerprint density at radius 3 is 2.57 bits per heavy atom. The SMILES string of the molecule is CC(C)Oc1ccccc1NCC(=O)Nc1ccc(F)cc1F. The number of carbonyl (C=O) groups is 1. The molecule has 0 heterocycles. The van der Waals surface area contributed by atoms with Crippen molar-refractivity contribution in [1.82, 2.24) is 0 Å². The van der Waals surface area contributed by atoms with Crippen LogP contribution < -0.4 is 15.4 Å². The topological polar surface area (TPSA) is 50.4 Å². The second-order valence-electron chi connectivity index (χ2n) is 5.19. The van der Waals surface area contributed by atoms with Crippen LogP contribution in [0.4, 0.5) is 20.2 Å². The largest absolute Gasteiger partial charge is 0.489 e. The summed E-state index contributed by atoms with van der Waals surface area (Å²) in [5.41, 5.74) is 0.598. The van der Waals surface area contributed by atoms with Crippen LogP contribution in [0.25, 0.3) is 0 Å². The summed E-state index contributed by atoms with van der Waals surface area (Å²) in [6.45, 7) is 3.73. The van der Waals surface area contributed by atoms with Crippen LogP contribution in [0.1, 0.15) is 13.8 Å². The fraction of sp³-hybridized carbons (Fsp3) is 0.235. The number of anilines is 2. The molecule has 0 fully saturated rings. The molecule has 23 heavy (non-hydrogen) atoms. The molecule has 1 amide bonds. The third-order valence-corrected chi connectivity index (χ3v) is 2.89. The zero-order valence-electron chi connectivity index (χ0n) is 12.9. The molecule has 0 spiro atoms. The van der Waals surface area contributed by atoms with Crippen molar-refractivity contribution in [2.45, 2.75) is 20.0 Å². The molecule has 0 unspecified atom stereocenters. The molecule has 2 N–H and O–H groups in total. The molecular weight excluding hydrogens is 302 g/mol. The van der Waals surface area contributed by atoms with Crippen LogP contribution in [0.15, 0.2) is 42.5 Å². The number of hydrogen-bond donors (Lipinski definition) is 2. The number of benzene rings is 2. The van der Waals surface area contributed by atoms with Crippen molar-refractivity contribution < 1.29 is 18.3 Å². The van der Waals surface area contributed by atoms with Crippen LogP contribution in [0.3, 0.4) is 0 Å². The summed E-state index contributed by atoms with van der Waals surface area (Å²) in [4.78, 5) is 11.9. The Hall–Kier alpha value is -2.63. The van der Waals surface area contributed by atoms with Crippen molar-refractivity contribution in [3.05, 3.63) is 54.1 Å². The fourth-order valence-corrected chi connectivity index (χ4v) is 1.93. The first-order chi connectivity index (χ1) is 11.0. The molecule has 4 nitrogen and oxygen atoms in total. The first-order valence-electron chi connectivity index (χ1n) is 7.20. The summed E-state index contributed by atoms with van der Waals surface area (Å²) < 4.78 is 31.9. The van der Waals surface area contributed by atoms with E-state index in [9.17, 15) is 13.6 Å². The highest BCUT2D eigenvalue weighted by Gasteiger charge is 2.10. The number of ether oxygens (including phenoxy) is 1. The van der Waals surface area contributed by atoms with Crippen molar-refractivity contribution in [2.75, 3.05) is 17.2 Å². The molecule has 0 aliphatic carbocycles. The molecule has 2 rings (SSSR count). The normalized spacial score (nSPS) is 10.5. The molecule has 2 aromatic carbocycles. The lowest BCUT2D eigenvalue weighted by atomic mass is 10.2. The maximum Gasteiger partial charge on any atom is 0.243 e. The second-order valence-corrected chi connectivity index (χ2v) is 5.19. The Balaban J connectivity index is 1.97. The quantitative estimate of drug-likeness (QED) is 0.851. The Labute approximate surface area is 133 Å². The number of halogens is 2. The molecule has 0 aliphatic rings. The molecule has 0 saturated heterocycles. The highest BCUT2D eigenvalue weighted by molar-refractivity contribution is 5.94. The molecule has 0 aromatic heterocycles. The van der Waals surface area contributed by atoms with E-state index >= 15 is 0 Å². The van der Waals surface area contributed by atoms with Crippen molar-refractivity contribution in [3.63, 3.8) is 0 Å². The summed E-state index contributed by atoms with van der Waals surface area (Å²) >= 11 is 0. The number of nitrogens with one attached hydrogen (secondary N) is 2. The minimum Gasteiger partial charge on any atom is -0.489 e. The van der Waals surface area contributed by atoms with Crippen LogP contribution in [-0.2, 0) is 4.79 Å². The summed E-state index contributed by atoms with van der Waals surface area (Å²) in [6, 6.07) is 10.2. The van der Waals surface area contributed by atoms with E-state index in [1.807, 2.05) is 26.0 Å². The average molecular weight is 320 g/mol. The van der Waals surface area contributed by atoms with Gasteiger partial charge in [0.2, 0.25) is 5.91 Å². The van der Waals surface area contributed by atoms with E-state index in [0.717, 1.165) is 12.1 Å². The molecule has 2 aromatic rings. The molecule has 6 heteroatoms. The van der Waals surface area contributed by atoms with Gasteiger partial charge in [-0.2, -0.15) is 0 Å². The van der Waals surface area contributed by atoms with Gasteiger partial charge in [0.25, 0.3) is 0 Å². The lowest BCUT2D eigenvalue weighted by Crippen LogP contribution is -2.22. The van der Waals surface area contributed by atoms with Crippen molar-refractivity contribution in [3.8, 4) is 5.75 Å². The molecule has 0 aliphatic heterocycles. The van der Waals surface area contributed by atoms with E-state index in [4.69, 9.17) is 4.74 Å². The van der Waals surface area contributed by atoms with E-state index in [1.54, 1.807) is 12.1 Å². The summed E-state index contributed by atoms with van der Waals surface area (Å²) in [7, 11) is 0. The van der Waals surface area contributed by atoms with Crippen molar-refractivity contribution >= 4 is 17.3 Å². The monoisotopic (exact) mass is 320 g/mol. The number of carbonyl (C=O) groups excluding carboxylic acids is 1. The van der Waals surface area contributed by atoms with Gasteiger partial charge in [0.15, 0.2) is 0 Å². The first kappa shape index (κ1) is 16.7. The van der Waals surface area contributed by atoms with Crippen molar-refractivity contribution in [2.24, 2.45) is 0 Å². The van der Waals surface area contributed by atoms with Gasteiger partial charge >= 0.3 is 0 Å². The predicted octanol–water partition coefficient (Wildman–Crippen LogP) is 3.80. The number of para-hydroxylation sites is 2. The Bertz CT molecular complexity index is 690. The minimum atomic E-state index is -0.818. The molecule has 0 saturated carbocycles. The Morgan fingerprint density at radius 2 is 1.87 bits per heavy atom. The van der Waals surface area contributed by atoms with E-state index < -0.39 is 17.5 Å². The van der Waals surface area contributed by atoms with Gasteiger partial charge < -0.3 is 15.4 Å². The minimum absolute atomic E-state index is 0.0000811. The summed E-state index contributed by atoms with van der Waals surface area (Å²) in [5, 5.41) is 5.32. The Kier molecular flexibility index (Phi) is 5.51. The highest BCUT2D eigenvalue weighted by atomic mass is 19.1. The first-order valence-corrected chi connectivity index (χ1v) is 7.20. The highest BCUT2D eigenvalue weighted by Crippen LogP contribution is 2.24. The fourth-order valence-electron chi connectivity index (χ4n) is 1.93. The lowest BCUT2D eigenvalue weighted by Gasteiger charge is -2.15. The van der Waals surface area contributed by atoms with Gasteiger partial charge in [-0.05, 0) is 38.1 Å². The third kappa shape index (κ3) is 4.95. The lowest BCUT2D eigenvalue weighted by molar-refractivity contribution is -0.114. The van der Waals surface area contributed by atoms with Crippen LogP contribution in [0, 0.1) is 11.6 Å². The van der Waals surface area contributed by atoms with E-state index in [-0.39, 0.29) is 18.3 Å². The van der Waals surface area contributed by atoms with E-state index in [1.165, 1.54) is 6.07 Å². The van der Waals surface area contributed by atoms with Gasteiger partial charge in [0.1, 0.15) is 17.4 Å². The van der Waals surface area contributed by atoms with Gasteiger partial charge in [-0.1, -0.05) is 12.1 Å². The van der Waals surface area contributed by atoms with Gasteiger partial charge in [-0.25, -0.2) is 8.78 Å². The molecule has 0 bridgehead atoms. The standard InChI is InChI=1S/C17H18F2N2O2/c1-11(2)23-16-6-4-3-5-15(16)20-10-17(22)21-14-8-7-12(18)9-13(14)19/h3-9,11,20H,10H2,1-2H3,(H,21,22). The molecule has 0 radical (unpaired) electrons. The van der Waals surface area contributed by atoms with Gasteiger partial charge in [0, 0.05) is 6.07 Å². The number of rotatable bonds is 6. The zero-order valence-corrected chi connectivity index (χ0v) is 12.9. The molecule has 122 valence electrons. The number of amides is 1. The summed E-state index contributed by atoms with van der Waals surface area (Å²) in [5.74, 6) is -1.33. The second kappa shape index (κ2) is 7.58. The maximum atomic E-state index is 13.5. The molecular formula is C17H18F2N2O2. The van der Waals surface area contributed by atoms with Gasteiger partial charge in [-0.3, -0.25) is 4.79 Å². The smallest absolute Gasteiger partial charge is 0.243 e. The van der Waals surface area contributed by atoms with Gasteiger partial charge in [0.05, 0.1) is 24.0 Å². The zero-order chi connectivity index (χ0) is 16.8.